The fourth-order valence-electron chi connectivity index (χ4n) is 2.89. The Hall–Kier alpha value is -3.06. The van der Waals surface area contributed by atoms with Gasteiger partial charge in [-0.05, 0) is 23.3 Å². The van der Waals surface area contributed by atoms with E-state index in [4.69, 9.17) is 21.4 Å². The van der Waals surface area contributed by atoms with Crippen LogP contribution < -0.4 is 10.2 Å². The second-order valence-electron chi connectivity index (χ2n) is 5.92. The second-order valence-corrected chi connectivity index (χ2v) is 6.33. The number of nitrogens with zero attached hydrogens (tertiary/aromatic N) is 2. The van der Waals surface area contributed by atoms with Crippen LogP contribution in [-0.4, -0.2) is 33.9 Å². The number of nitrogens with one attached hydrogen (secondary N) is 2. The van der Waals surface area contributed by atoms with Crippen molar-refractivity contribution >= 4 is 34.8 Å². The van der Waals surface area contributed by atoms with Crippen molar-refractivity contribution in [2.24, 2.45) is 5.10 Å². The van der Waals surface area contributed by atoms with E-state index in [1.165, 1.54) is 0 Å². The van der Waals surface area contributed by atoms with E-state index in [1.54, 1.807) is 6.07 Å². The van der Waals surface area contributed by atoms with Crippen molar-refractivity contribution in [1.29, 1.82) is 0 Å². The molecule has 1 aliphatic rings. The molecule has 132 valence electrons. The number of rotatable bonds is 5. The summed E-state index contributed by atoms with van der Waals surface area (Å²) in [5.41, 5.74) is 7.37. The van der Waals surface area contributed by atoms with Gasteiger partial charge >= 0.3 is 5.97 Å². The van der Waals surface area contributed by atoms with Gasteiger partial charge in [-0.2, -0.15) is 10.1 Å². The molecule has 1 aliphatic heterocycles. The first-order valence-corrected chi connectivity index (χ1v) is 8.39. The van der Waals surface area contributed by atoms with Gasteiger partial charge in [0.25, 0.3) is 6.01 Å². The monoisotopic (exact) mass is 370 g/mol. The number of imidazole rings is 1. The van der Waals surface area contributed by atoms with E-state index in [0.29, 0.717) is 16.1 Å². The Bertz CT molecular complexity index is 990. The number of H-pyrrole nitrogens is 1. The molecule has 2 heterocycles. The normalized spacial score (nSPS) is 16.0. The first-order chi connectivity index (χ1) is 12.6. The summed E-state index contributed by atoms with van der Waals surface area (Å²) in [4.78, 5) is 17.8. The molecule has 0 amide bonds. The molecule has 0 radical (unpaired) electrons. The molecule has 0 aliphatic carbocycles. The van der Waals surface area contributed by atoms with Gasteiger partial charge in [0.1, 0.15) is 0 Å². The quantitative estimate of drug-likeness (QED) is 0.639. The third kappa shape index (κ3) is 3.21. The Labute approximate surface area is 153 Å². The fraction of sp³-hybridized carbons (Fsp3) is 0.167. The zero-order valence-corrected chi connectivity index (χ0v) is 14.3. The topological polar surface area (TPSA) is 99.6 Å². The van der Waals surface area contributed by atoms with Crippen LogP contribution in [0.2, 0.25) is 5.02 Å². The maximum atomic E-state index is 10.6. The molecule has 7 nitrogen and oxygen atoms in total. The molecule has 3 aromatic rings. The molecule has 8 heteroatoms. The van der Waals surface area contributed by atoms with Gasteiger partial charge in [0.15, 0.2) is 6.61 Å². The molecule has 0 saturated carbocycles. The minimum Gasteiger partial charge on any atom is -0.479 e. The first kappa shape index (κ1) is 16.4. The van der Waals surface area contributed by atoms with Crippen LogP contribution in [0, 0.1) is 0 Å². The predicted molar refractivity (Wildman–Crippen MR) is 98.7 cm³/mol. The van der Waals surface area contributed by atoms with Crippen molar-refractivity contribution in [2.75, 3.05) is 6.61 Å². The summed E-state index contributed by atoms with van der Waals surface area (Å²) in [7, 11) is 0. The first-order valence-electron chi connectivity index (χ1n) is 8.01. The number of carboxylic acid groups (broad SMARTS) is 1. The van der Waals surface area contributed by atoms with Gasteiger partial charge in [0.05, 0.1) is 22.1 Å². The average Bonchev–Trinajstić information content (AvgIpc) is 3.29. The minimum atomic E-state index is -1.06. The highest BCUT2D eigenvalue weighted by atomic mass is 35.5. The molecule has 3 N–H and O–H groups in total. The van der Waals surface area contributed by atoms with E-state index in [1.807, 2.05) is 36.5 Å². The second kappa shape index (κ2) is 6.68. The lowest BCUT2D eigenvalue weighted by Gasteiger charge is -2.11. The average molecular weight is 371 g/mol. The summed E-state index contributed by atoms with van der Waals surface area (Å²) >= 11 is 6.43. The number of fused-ring (bicyclic) bond motifs is 1. The molecule has 26 heavy (non-hydrogen) atoms. The zero-order valence-electron chi connectivity index (χ0n) is 13.6. The van der Waals surface area contributed by atoms with Gasteiger partial charge in [-0.15, -0.1) is 0 Å². The highest BCUT2D eigenvalue weighted by molar-refractivity contribution is 6.34. The van der Waals surface area contributed by atoms with Gasteiger partial charge in [-0.25, -0.2) is 4.79 Å². The molecule has 0 spiro atoms. The highest BCUT2D eigenvalue weighted by Crippen LogP contribution is 2.33. The summed E-state index contributed by atoms with van der Waals surface area (Å²) < 4.78 is 5.08. The number of halogens is 1. The lowest BCUT2D eigenvalue weighted by molar-refractivity contribution is -0.139. The summed E-state index contributed by atoms with van der Waals surface area (Å²) in [6, 6.07) is 12.1. The van der Waals surface area contributed by atoms with Crippen molar-refractivity contribution in [2.45, 2.75) is 12.5 Å². The lowest BCUT2D eigenvalue weighted by atomic mass is 10.00. The van der Waals surface area contributed by atoms with Gasteiger partial charge < -0.3 is 20.3 Å². The van der Waals surface area contributed by atoms with Crippen LogP contribution in [0.1, 0.15) is 18.0 Å². The maximum absolute atomic E-state index is 10.6. The van der Waals surface area contributed by atoms with E-state index in [-0.39, 0.29) is 12.1 Å². The number of hydrazone groups is 1. The van der Waals surface area contributed by atoms with Crippen LogP contribution >= 0.6 is 11.6 Å². The molecule has 4 rings (SSSR count). The summed E-state index contributed by atoms with van der Waals surface area (Å²) in [5.74, 6) is -1.06. The standard InChI is InChI=1S/C18H15ClN4O3/c19-13-8-16-15(21-18(22-16)26-9-17(24)25)7-12(13)10-1-3-11(4-2-10)14-5-6-20-23-14/h1-4,6-8,14,23H,5,9H2,(H,21,22)(H,24,25). The minimum absolute atomic E-state index is 0.151. The molecule has 1 unspecified atom stereocenters. The predicted octanol–water partition coefficient (Wildman–Crippen LogP) is 3.37. The Morgan fingerprint density at radius 2 is 2.12 bits per heavy atom. The van der Waals surface area contributed by atoms with Crippen LogP contribution in [0.4, 0.5) is 0 Å². The molecule has 2 aromatic carbocycles. The molecule has 0 bridgehead atoms. The summed E-state index contributed by atoms with van der Waals surface area (Å²) in [6.45, 7) is -0.458. The smallest absolute Gasteiger partial charge is 0.341 e. The van der Waals surface area contributed by atoms with Crippen molar-refractivity contribution < 1.29 is 14.6 Å². The van der Waals surface area contributed by atoms with Gasteiger partial charge in [-0.3, -0.25) is 0 Å². The Balaban J connectivity index is 1.63. The van der Waals surface area contributed by atoms with E-state index in [2.05, 4.69) is 20.5 Å². The lowest BCUT2D eigenvalue weighted by Crippen LogP contribution is -2.09. The fourth-order valence-corrected chi connectivity index (χ4v) is 3.16. The summed E-state index contributed by atoms with van der Waals surface area (Å²) in [5, 5.41) is 13.3. The number of aromatic nitrogens is 2. The Kier molecular flexibility index (Phi) is 4.22. The zero-order chi connectivity index (χ0) is 18.1. The number of aromatic amines is 1. The van der Waals surface area contributed by atoms with E-state index in [9.17, 15) is 4.79 Å². The van der Waals surface area contributed by atoms with Crippen molar-refractivity contribution in [1.82, 2.24) is 15.4 Å². The Morgan fingerprint density at radius 1 is 1.31 bits per heavy atom. The van der Waals surface area contributed by atoms with E-state index in [0.717, 1.165) is 23.1 Å². The van der Waals surface area contributed by atoms with Crippen molar-refractivity contribution in [3.8, 4) is 17.1 Å². The van der Waals surface area contributed by atoms with E-state index < -0.39 is 12.6 Å². The number of carboxylic acids is 1. The number of ether oxygens (including phenoxy) is 1. The van der Waals surface area contributed by atoms with Gasteiger partial charge in [0.2, 0.25) is 0 Å². The highest BCUT2D eigenvalue weighted by Gasteiger charge is 2.14. The molecule has 0 saturated heterocycles. The largest absolute Gasteiger partial charge is 0.479 e. The molecule has 1 atom stereocenters. The molecular formula is C18H15ClN4O3. The van der Waals surface area contributed by atoms with Crippen molar-refractivity contribution in [3.05, 3.63) is 47.0 Å². The van der Waals surface area contributed by atoms with Crippen molar-refractivity contribution in [3.63, 3.8) is 0 Å². The molecular weight excluding hydrogens is 356 g/mol. The third-order valence-electron chi connectivity index (χ3n) is 4.17. The van der Waals surface area contributed by atoms with Gasteiger partial charge in [0, 0.05) is 18.2 Å². The number of hydrogen-bond donors (Lipinski definition) is 3. The van der Waals surface area contributed by atoms with E-state index >= 15 is 0 Å². The number of hydrogen-bond acceptors (Lipinski definition) is 5. The molecule has 1 aromatic heterocycles. The summed E-state index contributed by atoms with van der Waals surface area (Å²) in [6.07, 6.45) is 2.74. The molecule has 0 fully saturated rings. The van der Waals surface area contributed by atoms with Crippen LogP contribution in [0.25, 0.3) is 22.2 Å². The number of aliphatic carboxylic acids is 1. The van der Waals surface area contributed by atoms with Gasteiger partial charge in [-0.1, -0.05) is 35.9 Å². The van der Waals surface area contributed by atoms with Crippen LogP contribution in [0.3, 0.4) is 0 Å². The van der Waals surface area contributed by atoms with Crippen LogP contribution in [0.15, 0.2) is 41.5 Å². The van der Waals surface area contributed by atoms with Crippen LogP contribution in [-0.2, 0) is 4.79 Å². The number of carbonyl (C=O) groups is 1. The SMILES string of the molecule is O=C(O)COc1nc2cc(-c3ccc(C4CC=NN4)cc3)c(Cl)cc2[nH]1. The number of benzene rings is 2. The van der Waals surface area contributed by atoms with Crippen LogP contribution in [0.5, 0.6) is 6.01 Å². The maximum Gasteiger partial charge on any atom is 0.341 e. The Morgan fingerprint density at radius 3 is 2.81 bits per heavy atom. The third-order valence-corrected chi connectivity index (χ3v) is 4.48.